The fourth-order valence-corrected chi connectivity index (χ4v) is 5.57. The highest BCUT2D eigenvalue weighted by molar-refractivity contribution is 5.94. The summed E-state index contributed by atoms with van der Waals surface area (Å²) in [4.78, 5) is 0. The minimum absolute atomic E-state index is 0.0773. The molecule has 4 nitrogen and oxygen atoms in total. The number of hydrogen-bond acceptors (Lipinski definition) is 4. The van der Waals surface area contributed by atoms with Gasteiger partial charge in [0.15, 0.2) is 0 Å². The molecule has 0 aliphatic carbocycles. The van der Waals surface area contributed by atoms with Gasteiger partial charge in [0.25, 0.3) is 0 Å². The molecule has 0 bridgehead atoms. The van der Waals surface area contributed by atoms with E-state index in [1.165, 1.54) is 5.39 Å². The zero-order chi connectivity index (χ0) is 26.6. The largest absolute Gasteiger partial charge is 0.491 e. The van der Waals surface area contributed by atoms with Crippen molar-refractivity contribution in [1.82, 2.24) is 0 Å². The van der Waals surface area contributed by atoms with Crippen LogP contribution in [0.1, 0.15) is 22.6 Å². The van der Waals surface area contributed by atoms with Crippen molar-refractivity contribution < 1.29 is 19.7 Å². The predicted octanol–water partition coefficient (Wildman–Crippen LogP) is 7.07. The summed E-state index contributed by atoms with van der Waals surface area (Å²) in [5, 5.41) is 26.0. The lowest BCUT2D eigenvalue weighted by Gasteiger charge is -2.27. The van der Waals surface area contributed by atoms with Gasteiger partial charge in [-0.2, -0.15) is 0 Å². The number of aliphatic hydroxyl groups is 2. The fourth-order valence-electron chi connectivity index (χ4n) is 5.57. The summed E-state index contributed by atoms with van der Waals surface area (Å²) in [6, 6.07) is 39.7. The van der Waals surface area contributed by atoms with Crippen molar-refractivity contribution in [2.24, 2.45) is 0 Å². The topological polar surface area (TPSA) is 58.9 Å². The van der Waals surface area contributed by atoms with Gasteiger partial charge in [0, 0.05) is 17.0 Å². The average Bonchev–Trinajstić information content (AvgIpc) is 2.99. The second-order valence-electron chi connectivity index (χ2n) is 9.58. The van der Waals surface area contributed by atoms with Crippen LogP contribution in [0, 0.1) is 0 Å². The molecule has 0 radical (unpaired) electrons. The van der Waals surface area contributed by atoms with Crippen LogP contribution < -0.4 is 9.47 Å². The molecule has 6 rings (SSSR count). The molecule has 0 saturated heterocycles. The zero-order valence-electron chi connectivity index (χ0n) is 21.6. The lowest BCUT2D eigenvalue weighted by atomic mass is 9.79. The van der Waals surface area contributed by atoms with Crippen molar-refractivity contribution in [2.75, 3.05) is 26.4 Å². The molecule has 6 aromatic rings. The molecule has 39 heavy (non-hydrogen) atoms. The number of rotatable bonds is 9. The molecule has 4 heteroatoms. The predicted molar refractivity (Wildman–Crippen MR) is 158 cm³/mol. The van der Waals surface area contributed by atoms with E-state index in [4.69, 9.17) is 9.47 Å². The lowest BCUT2D eigenvalue weighted by Crippen LogP contribution is -2.12. The average molecular weight is 515 g/mol. The third-order valence-electron chi connectivity index (χ3n) is 7.24. The van der Waals surface area contributed by atoms with Crippen molar-refractivity contribution in [3.8, 4) is 11.5 Å². The molecule has 0 unspecified atom stereocenters. The second kappa shape index (κ2) is 11.2. The monoisotopic (exact) mass is 514 g/mol. The van der Waals surface area contributed by atoms with Crippen molar-refractivity contribution in [1.29, 1.82) is 0 Å². The number of fused-ring (bicyclic) bond motifs is 3. The second-order valence-corrected chi connectivity index (χ2v) is 9.58. The van der Waals surface area contributed by atoms with Crippen molar-refractivity contribution in [3.63, 3.8) is 0 Å². The van der Waals surface area contributed by atoms with Gasteiger partial charge in [-0.05, 0) is 50.0 Å². The highest BCUT2D eigenvalue weighted by atomic mass is 16.5. The molecule has 0 atom stereocenters. The minimum atomic E-state index is -0.255. The number of benzene rings is 6. The van der Waals surface area contributed by atoms with Crippen LogP contribution in [0.4, 0.5) is 0 Å². The Kier molecular flexibility index (Phi) is 7.13. The lowest BCUT2D eigenvalue weighted by molar-refractivity contribution is 0.199. The van der Waals surface area contributed by atoms with E-state index in [1.54, 1.807) is 0 Å². The van der Waals surface area contributed by atoms with Gasteiger partial charge in [0.05, 0.1) is 13.2 Å². The van der Waals surface area contributed by atoms with Gasteiger partial charge >= 0.3 is 0 Å². The van der Waals surface area contributed by atoms with E-state index >= 15 is 0 Å². The first-order valence-corrected chi connectivity index (χ1v) is 13.3. The van der Waals surface area contributed by atoms with Crippen LogP contribution in [-0.4, -0.2) is 36.6 Å². The van der Waals surface area contributed by atoms with E-state index in [-0.39, 0.29) is 32.3 Å². The Hall–Kier alpha value is -4.38. The molecule has 0 amide bonds. The van der Waals surface area contributed by atoms with E-state index in [2.05, 4.69) is 78.9 Å². The highest BCUT2D eigenvalue weighted by Gasteiger charge is 2.28. The smallest absolute Gasteiger partial charge is 0.124 e. The number of ether oxygens (including phenoxy) is 2. The van der Waals surface area contributed by atoms with Crippen LogP contribution in [0.2, 0.25) is 0 Å². The first kappa shape index (κ1) is 24.9. The van der Waals surface area contributed by atoms with Gasteiger partial charge in [0.1, 0.15) is 24.7 Å². The maximum Gasteiger partial charge on any atom is 0.124 e. The SMILES string of the molecule is OCCOc1ccc2ccccc2c1C(c1ccc2ccccc2c1)c1c(OCCO)ccc2ccccc12. The standard InChI is InChI=1S/C35H30O4/c36-19-21-38-31-17-15-25-8-3-5-11-29(25)34(31)33(28-14-13-24-7-1-2-10-27(24)23-28)35-30-12-6-4-9-26(30)16-18-32(35)39-22-20-37/h1-18,23,33,36-37H,19-22H2. The molecular weight excluding hydrogens is 484 g/mol. The molecule has 0 fully saturated rings. The van der Waals surface area contributed by atoms with Gasteiger partial charge < -0.3 is 19.7 Å². The van der Waals surface area contributed by atoms with Crippen LogP contribution in [0.3, 0.4) is 0 Å². The van der Waals surface area contributed by atoms with Crippen molar-refractivity contribution in [2.45, 2.75) is 5.92 Å². The molecule has 0 heterocycles. The Morgan fingerprint density at radius 1 is 0.487 bits per heavy atom. The van der Waals surface area contributed by atoms with Gasteiger partial charge in [-0.1, -0.05) is 103 Å². The molecule has 0 aromatic heterocycles. The fraction of sp³-hybridized carbons (Fsp3) is 0.143. The summed E-state index contributed by atoms with van der Waals surface area (Å²) in [7, 11) is 0. The minimum Gasteiger partial charge on any atom is -0.491 e. The highest BCUT2D eigenvalue weighted by Crippen LogP contribution is 2.47. The Morgan fingerprint density at radius 3 is 1.49 bits per heavy atom. The normalized spacial score (nSPS) is 11.5. The maximum absolute atomic E-state index is 9.64. The van der Waals surface area contributed by atoms with Crippen LogP contribution in [0.25, 0.3) is 32.3 Å². The summed E-state index contributed by atoms with van der Waals surface area (Å²) in [5.74, 6) is 1.19. The van der Waals surface area contributed by atoms with Crippen molar-refractivity contribution >= 4 is 32.3 Å². The summed E-state index contributed by atoms with van der Waals surface area (Å²) in [5.41, 5.74) is 3.13. The molecule has 0 aliphatic rings. The number of aliphatic hydroxyl groups excluding tert-OH is 2. The van der Waals surface area contributed by atoms with Crippen LogP contribution in [-0.2, 0) is 0 Å². The van der Waals surface area contributed by atoms with E-state index < -0.39 is 0 Å². The zero-order valence-corrected chi connectivity index (χ0v) is 21.6. The van der Waals surface area contributed by atoms with Crippen molar-refractivity contribution in [3.05, 3.63) is 132 Å². The molecule has 0 saturated carbocycles. The van der Waals surface area contributed by atoms with E-state index in [9.17, 15) is 10.2 Å². The molecule has 0 aliphatic heterocycles. The number of hydrogen-bond donors (Lipinski definition) is 2. The summed E-state index contributed by atoms with van der Waals surface area (Å²) in [6.45, 7) is 0.233. The van der Waals surface area contributed by atoms with Crippen LogP contribution in [0.15, 0.2) is 115 Å². The Morgan fingerprint density at radius 2 is 0.949 bits per heavy atom. The molecule has 0 spiro atoms. The van der Waals surface area contributed by atoms with Gasteiger partial charge in [0.2, 0.25) is 0 Å². The maximum atomic E-state index is 9.64. The van der Waals surface area contributed by atoms with E-state index in [0.717, 1.165) is 55.1 Å². The van der Waals surface area contributed by atoms with E-state index in [0.29, 0.717) is 0 Å². The first-order valence-electron chi connectivity index (χ1n) is 13.3. The third-order valence-corrected chi connectivity index (χ3v) is 7.24. The van der Waals surface area contributed by atoms with Gasteiger partial charge in [-0.25, -0.2) is 0 Å². The van der Waals surface area contributed by atoms with Gasteiger partial charge in [-0.3, -0.25) is 0 Å². The Labute approximate surface area is 227 Å². The van der Waals surface area contributed by atoms with Gasteiger partial charge in [-0.15, -0.1) is 0 Å². The molecular formula is C35H30O4. The van der Waals surface area contributed by atoms with Crippen LogP contribution in [0.5, 0.6) is 11.5 Å². The molecule has 6 aromatic carbocycles. The molecule has 2 N–H and O–H groups in total. The summed E-state index contributed by atoms with van der Waals surface area (Å²) in [6.07, 6.45) is 0. The van der Waals surface area contributed by atoms with E-state index in [1.807, 2.05) is 36.4 Å². The third kappa shape index (κ3) is 4.81. The molecule has 194 valence electrons. The first-order chi connectivity index (χ1) is 19.3. The summed E-state index contributed by atoms with van der Waals surface area (Å²) < 4.78 is 12.4. The summed E-state index contributed by atoms with van der Waals surface area (Å²) >= 11 is 0. The Balaban J connectivity index is 1.73. The Bertz CT molecular complexity index is 1670. The van der Waals surface area contributed by atoms with Crippen LogP contribution >= 0.6 is 0 Å². The quantitative estimate of drug-likeness (QED) is 0.203.